The zero-order valence-electron chi connectivity index (χ0n) is 11.2. The molecule has 1 amide bonds. The molecule has 0 spiro atoms. The molecule has 0 fully saturated rings. The summed E-state index contributed by atoms with van der Waals surface area (Å²) in [5.41, 5.74) is 1.46. The zero-order valence-corrected chi connectivity index (χ0v) is 11.2. The Kier molecular flexibility index (Phi) is 5.22. The average molecular weight is 275 g/mol. The fourth-order valence-electron chi connectivity index (χ4n) is 1.68. The molecule has 7 nitrogen and oxygen atoms in total. The van der Waals surface area contributed by atoms with Crippen molar-refractivity contribution in [3.63, 3.8) is 0 Å². The Morgan fingerprint density at radius 1 is 1.40 bits per heavy atom. The Morgan fingerprint density at radius 2 is 2.25 bits per heavy atom. The van der Waals surface area contributed by atoms with Crippen LogP contribution in [0.4, 0.5) is 5.69 Å². The van der Waals surface area contributed by atoms with Crippen molar-refractivity contribution in [2.24, 2.45) is 0 Å². The van der Waals surface area contributed by atoms with E-state index in [1.807, 2.05) is 24.3 Å². The van der Waals surface area contributed by atoms with E-state index in [2.05, 4.69) is 20.7 Å². The predicted molar refractivity (Wildman–Crippen MR) is 74.7 cm³/mol. The van der Waals surface area contributed by atoms with E-state index in [4.69, 9.17) is 4.74 Å². The van der Waals surface area contributed by atoms with Crippen LogP contribution in [-0.4, -0.2) is 47.5 Å². The molecule has 0 unspecified atom stereocenters. The predicted octanol–water partition coefficient (Wildman–Crippen LogP) is 0.442. The second kappa shape index (κ2) is 7.37. The van der Waals surface area contributed by atoms with Gasteiger partial charge in [0, 0.05) is 13.7 Å². The van der Waals surface area contributed by atoms with Crippen LogP contribution in [0.15, 0.2) is 36.9 Å². The van der Waals surface area contributed by atoms with Crippen LogP contribution >= 0.6 is 0 Å². The number of para-hydroxylation sites is 2. The van der Waals surface area contributed by atoms with Gasteiger partial charge in [-0.25, -0.2) is 9.67 Å². The average Bonchev–Trinajstić information content (AvgIpc) is 2.98. The highest BCUT2D eigenvalue weighted by Gasteiger charge is 2.07. The quantitative estimate of drug-likeness (QED) is 0.717. The summed E-state index contributed by atoms with van der Waals surface area (Å²) in [6.45, 7) is 1.44. The molecule has 0 atom stereocenters. The fourth-order valence-corrected chi connectivity index (χ4v) is 1.68. The summed E-state index contributed by atoms with van der Waals surface area (Å²) < 4.78 is 6.50. The minimum Gasteiger partial charge on any atom is -0.383 e. The van der Waals surface area contributed by atoms with Gasteiger partial charge in [0.15, 0.2) is 0 Å². The van der Waals surface area contributed by atoms with Gasteiger partial charge in [-0.2, -0.15) is 5.10 Å². The van der Waals surface area contributed by atoms with Crippen LogP contribution in [-0.2, 0) is 9.53 Å². The van der Waals surface area contributed by atoms with Gasteiger partial charge in [0.1, 0.15) is 12.7 Å². The Balaban J connectivity index is 1.97. The molecule has 0 aliphatic carbocycles. The number of hydrogen-bond donors (Lipinski definition) is 2. The lowest BCUT2D eigenvalue weighted by atomic mass is 10.2. The molecule has 1 aromatic carbocycles. The van der Waals surface area contributed by atoms with E-state index in [-0.39, 0.29) is 12.5 Å². The van der Waals surface area contributed by atoms with Gasteiger partial charge in [0.25, 0.3) is 0 Å². The van der Waals surface area contributed by atoms with E-state index >= 15 is 0 Å². The first-order chi connectivity index (χ1) is 9.81. The van der Waals surface area contributed by atoms with E-state index in [0.29, 0.717) is 18.8 Å². The fraction of sp³-hybridized carbons (Fsp3) is 0.308. The molecule has 106 valence electrons. The number of aromatic nitrogens is 3. The first-order valence-corrected chi connectivity index (χ1v) is 6.25. The van der Waals surface area contributed by atoms with Crippen LogP contribution in [0.1, 0.15) is 0 Å². The third-order valence-electron chi connectivity index (χ3n) is 2.61. The Labute approximate surface area is 117 Å². The topological polar surface area (TPSA) is 81.1 Å². The highest BCUT2D eigenvalue weighted by atomic mass is 16.5. The standard InChI is InChI=1S/C13H17N5O2/c1-20-7-6-14-8-13(19)17-11-4-2-3-5-12(11)18-10-15-9-16-18/h2-5,9-10,14H,6-8H2,1H3,(H,17,19). The van der Waals surface area contributed by atoms with Crippen molar-refractivity contribution < 1.29 is 9.53 Å². The number of methoxy groups -OCH3 is 1. The number of nitrogens with one attached hydrogen (secondary N) is 2. The number of nitrogens with zero attached hydrogens (tertiary/aromatic N) is 3. The highest BCUT2D eigenvalue weighted by molar-refractivity contribution is 5.94. The maximum Gasteiger partial charge on any atom is 0.238 e. The number of hydrogen-bond acceptors (Lipinski definition) is 5. The van der Waals surface area contributed by atoms with Crippen LogP contribution in [0.25, 0.3) is 5.69 Å². The molecule has 20 heavy (non-hydrogen) atoms. The van der Waals surface area contributed by atoms with Gasteiger partial charge < -0.3 is 15.4 Å². The van der Waals surface area contributed by atoms with Crippen LogP contribution in [0.3, 0.4) is 0 Å². The number of ether oxygens (including phenoxy) is 1. The second-order valence-corrected chi connectivity index (χ2v) is 4.07. The molecule has 1 heterocycles. The van der Waals surface area contributed by atoms with Crippen LogP contribution in [0.2, 0.25) is 0 Å². The summed E-state index contributed by atoms with van der Waals surface area (Å²) in [7, 11) is 1.62. The number of rotatable bonds is 7. The monoisotopic (exact) mass is 275 g/mol. The van der Waals surface area contributed by atoms with Gasteiger partial charge in [-0.15, -0.1) is 0 Å². The SMILES string of the molecule is COCCNCC(=O)Nc1ccccc1-n1cncn1. The maximum absolute atomic E-state index is 11.8. The van der Waals surface area contributed by atoms with Crippen molar-refractivity contribution in [1.82, 2.24) is 20.1 Å². The molecule has 0 aliphatic heterocycles. The van der Waals surface area contributed by atoms with E-state index in [1.54, 1.807) is 18.1 Å². The summed E-state index contributed by atoms with van der Waals surface area (Å²) in [5, 5.41) is 9.90. The van der Waals surface area contributed by atoms with Crippen molar-refractivity contribution in [1.29, 1.82) is 0 Å². The van der Waals surface area contributed by atoms with Crippen molar-refractivity contribution in [2.45, 2.75) is 0 Å². The lowest BCUT2D eigenvalue weighted by molar-refractivity contribution is -0.115. The van der Waals surface area contributed by atoms with E-state index in [0.717, 1.165) is 5.69 Å². The molecule has 0 aliphatic rings. The molecule has 0 saturated heterocycles. The Hall–Kier alpha value is -2.25. The minimum atomic E-state index is -0.117. The number of anilines is 1. The molecule has 2 aromatic rings. The van der Waals surface area contributed by atoms with Gasteiger partial charge in [0.2, 0.25) is 5.91 Å². The number of benzene rings is 1. The zero-order chi connectivity index (χ0) is 14.2. The van der Waals surface area contributed by atoms with E-state index in [1.165, 1.54) is 6.33 Å². The lowest BCUT2D eigenvalue weighted by Crippen LogP contribution is -2.30. The van der Waals surface area contributed by atoms with E-state index in [9.17, 15) is 4.79 Å². The molecule has 7 heteroatoms. The normalized spacial score (nSPS) is 10.4. The molecule has 0 saturated carbocycles. The van der Waals surface area contributed by atoms with Crippen molar-refractivity contribution >= 4 is 11.6 Å². The molecule has 2 N–H and O–H groups in total. The molecular formula is C13H17N5O2. The first-order valence-electron chi connectivity index (χ1n) is 6.25. The summed E-state index contributed by atoms with van der Waals surface area (Å²) >= 11 is 0. The van der Waals surface area contributed by atoms with Gasteiger partial charge in [-0.3, -0.25) is 4.79 Å². The summed E-state index contributed by atoms with van der Waals surface area (Å²) in [4.78, 5) is 15.7. The van der Waals surface area contributed by atoms with Gasteiger partial charge in [-0.05, 0) is 12.1 Å². The molecular weight excluding hydrogens is 258 g/mol. The molecule has 2 rings (SSSR count). The molecule has 0 bridgehead atoms. The molecule has 1 aromatic heterocycles. The summed E-state index contributed by atoms with van der Waals surface area (Å²) in [5.74, 6) is -0.117. The smallest absolute Gasteiger partial charge is 0.238 e. The van der Waals surface area contributed by atoms with Crippen LogP contribution in [0.5, 0.6) is 0 Å². The van der Waals surface area contributed by atoms with Crippen molar-refractivity contribution in [3.8, 4) is 5.69 Å². The van der Waals surface area contributed by atoms with Crippen molar-refractivity contribution in [3.05, 3.63) is 36.9 Å². The maximum atomic E-state index is 11.8. The largest absolute Gasteiger partial charge is 0.383 e. The molecule has 0 radical (unpaired) electrons. The highest BCUT2D eigenvalue weighted by Crippen LogP contribution is 2.18. The van der Waals surface area contributed by atoms with Crippen molar-refractivity contribution in [2.75, 3.05) is 32.1 Å². The van der Waals surface area contributed by atoms with Gasteiger partial charge >= 0.3 is 0 Å². The summed E-state index contributed by atoms with van der Waals surface area (Å²) in [6.07, 6.45) is 3.03. The Bertz CT molecular complexity index is 541. The number of carbonyl (C=O) groups is 1. The minimum absolute atomic E-state index is 0.117. The van der Waals surface area contributed by atoms with Gasteiger partial charge in [-0.1, -0.05) is 12.1 Å². The Morgan fingerprint density at radius 3 is 3.00 bits per heavy atom. The van der Waals surface area contributed by atoms with Crippen LogP contribution < -0.4 is 10.6 Å². The third kappa shape index (κ3) is 3.87. The lowest BCUT2D eigenvalue weighted by Gasteiger charge is -2.11. The number of carbonyl (C=O) groups excluding carboxylic acids is 1. The second-order valence-electron chi connectivity index (χ2n) is 4.07. The van der Waals surface area contributed by atoms with Gasteiger partial charge in [0.05, 0.1) is 24.5 Å². The first kappa shape index (κ1) is 14.2. The third-order valence-corrected chi connectivity index (χ3v) is 2.61. The number of amides is 1. The van der Waals surface area contributed by atoms with Crippen LogP contribution in [0, 0.1) is 0 Å². The summed E-state index contributed by atoms with van der Waals surface area (Å²) in [6, 6.07) is 7.42. The van der Waals surface area contributed by atoms with E-state index < -0.39 is 0 Å².